The molecule has 1 heterocycles. The summed E-state index contributed by atoms with van der Waals surface area (Å²) in [5.41, 5.74) is 6.81. The van der Waals surface area contributed by atoms with E-state index in [4.69, 9.17) is 5.73 Å². The molecule has 2 N–H and O–H groups in total. The largest absolute Gasteiger partial charge is 0.384 e. The van der Waals surface area contributed by atoms with Gasteiger partial charge in [0.1, 0.15) is 0 Å². The summed E-state index contributed by atoms with van der Waals surface area (Å²) >= 11 is 1.48. The van der Waals surface area contributed by atoms with Crippen molar-refractivity contribution >= 4 is 16.5 Å². The van der Waals surface area contributed by atoms with Gasteiger partial charge in [-0.2, -0.15) is 0 Å². The van der Waals surface area contributed by atoms with E-state index in [0.717, 1.165) is 10.7 Å². The second-order valence-electron chi connectivity index (χ2n) is 3.62. The van der Waals surface area contributed by atoms with E-state index in [0.29, 0.717) is 0 Å². The zero-order chi connectivity index (χ0) is 8.65. The Balaban J connectivity index is 3.13. The third kappa shape index (κ3) is 1.68. The van der Waals surface area contributed by atoms with Crippen molar-refractivity contribution in [3.05, 3.63) is 5.69 Å². The summed E-state index contributed by atoms with van der Waals surface area (Å²) in [5.74, 6) is 0. The van der Waals surface area contributed by atoms with Crippen LogP contribution >= 0.6 is 11.5 Å². The number of nitrogen functional groups attached to an aromatic ring is 1. The molecule has 62 valence electrons. The maximum absolute atomic E-state index is 5.76. The maximum Gasteiger partial charge on any atom is 0.188 e. The molecule has 0 saturated heterocycles. The zero-order valence-corrected chi connectivity index (χ0v) is 8.20. The lowest BCUT2D eigenvalue weighted by Crippen LogP contribution is -2.28. The lowest BCUT2D eigenvalue weighted by atomic mass is 9.93. The number of rotatable bonds is 0. The normalized spacial score (nSPS) is 12.0. The molecule has 0 aliphatic rings. The fraction of sp³-hybridized carbons (Fsp3) is 0.714. The minimum atomic E-state index is 0.0574. The topological polar surface area (TPSA) is 42.8 Å². The van der Waals surface area contributed by atoms with Crippen LogP contribution in [0, 0.1) is 0 Å². The zero-order valence-electron chi connectivity index (χ0n) is 7.38. The Morgan fingerprint density at radius 2 is 2.00 bits per heavy atom. The van der Waals surface area contributed by atoms with Crippen molar-refractivity contribution in [2.45, 2.75) is 26.2 Å². The van der Waals surface area contributed by atoms with Gasteiger partial charge < -0.3 is 5.73 Å². The van der Waals surface area contributed by atoms with Gasteiger partial charge >= 0.3 is 0 Å². The highest BCUT2D eigenvalue weighted by Crippen LogP contribution is 2.26. The summed E-state index contributed by atoms with van der Waals surface area (Å²) in [4.78, 5) is 0. The number of hydrogen-bond acceptors (Lipinski definition) is 3. The highest BCUT2D eigenvalue weighted by atomic mass is 32.1. The first-order valence-corrected chi connectivity index (χ1v) is 4.32. The van der Waals surface area contributed by atoms with E-state index in [2.05, 4.69) is 25.9 Å². The van der Waals surface area contributed by atoms with E-state index >= 15 is 0 Å². The molecule has 3 nitrogen and oxygen atoms in total. The summed E-state index contributed by atoms with van der Waals surface area (Å²) in [6, 6.07) is 0. The predicted octanol–water partition coefficient (Wildman–Crippen LogP) is 0.847. The molecule has 1 rings (SSSR count). The standard InChI is InChI=1S/C7H13N3S/c1-7(2,3)5-6(8)11-10(4)9-5/h8H,1-4H3/p+1. The van der Waals surface area contributed by atoms with Crippen LogP contribution in [0.25, 0.3) is 0 Å². The second kappa shape index (κ2) is 2.44. The number of nitrogens with two attached hydrogens (primary N) is 1. The molecule has 0 aromatic carbocycles. The minimum Gasteiger partial charge on any atom is -0.384 e. The molecule has 0 bridgehead atoms. The first-order chi connectivity index (χ1) is 4.91. The monoisotopic (exact) mass is 172 g/mol. The number of aryl methyl sites for hydroxylation is 1. The van der Waals surface area contributed by atoms with Gasteiger partial charge in [0.05, 0.1) is 0 Å². The smallest absolute Gasteiger partial charge is 0.188 e. The first kappa shape index (κ1) is 8.46. The average molecular weight is 172 g/mol. The molecule has 1 aromatic heterocycles. The van der Waals surface area contributed by atoms with Crippen molar-refractivity contribution in [1.82, 2.24) is 5.10 Å². The molecule has 0 atom stereocenters. The first-order valence-electron chi connectivity index (χ1n) is 3.55. The molecular weight excluding hydrogens is 158 g/mol. The van der Waals surface area contributed by atoms with E-state index in [1.165, 1.54) is 11.5 Å². The summed E-state index contributed by atoms with van der Waals surface area (Å²) < 4.78 is 1.79. The quantitative estimate of drug-likeness (QED) is 0.589. The summed E-state index contributed by atoms with van der Waals surface area (Å²) in [6.07, 6.45) is 0. The third-order valence-electron chi connectivity index (χ3n) is 1.42. The number of hydrogen-bond donors (Lipinski definition) is 1. The summed E-state index contributed by atoms with van der Waals surface area (Å²) in [6.45, 7) is 6.33. The van der Waals surface area contributed by atoms with Gasteiger partial charge in [-0.05, 0) is 4.07 Å². The Morgan fingerprint density at radius 1 is 1.45 bits per heavy atom. The van der Waals surface area contributed by atoms with E-state index in [1.807, 2.05) is 7.05 Å². The highest BCUT2D eigenvalue weighted by Gasteiger charge is 2.25. The molecule has 0 amide bonds. The molecule has 11 heavy (non-hydrogen) atoms. The fourth-order valence-electron chi connectivity index (χ4n) is 0.916. The molecular formula is C7H14N3S+. The van der Waals surface area contributed by atoms with Gasteiger partial charge in [-0.15, -0.1) is 0 Å². The molecule has 1 aromatic rings. The Kier molecular flexibility index (Phi) is 1.88. The lowest BCUT2D eigenvalue weighted by Gasteiger charge is -2.12. The van der Waals surface area contributed by atoms with Gasteiger partial charge in [-0.1, -0.05) is 20.8 Å². The van der Waals surface area contributed by atoms with Crippen LogP contribution in [0.1, 0.15) is 26.5 Å². The van der Waals surface area contributed by atoms with E-state index < -0.39 is 0 Å². The van der Waals surface area contributed by atoms with Crippen LogP contribution in [0.5, 0.6) is 0 Å². The fourth-order valence-corrected chi connectivity index (χ4v) is 1.76. The summed E-state index contributed by atoms with van der Waals surface area (Å²) in [5, 5.41) is 5.11. The Hall–Kier alpha value is -0.640. The van der Waals surface area contributed by atoms with Gasteiger partial charge in [-0.25, -0.2) is 0 Å². The summed E-state index contributed by atoms with van der Waals surface area (Å²) in [7, 11) is 1.90. The lowest BCUT2D eigenvalue weighted by molar-refractivity contribution is -0.664. The highest BCUT2D eigenvalue weighted by molar-refractivity contribution is 7.06. The molecule has 0 saturated carbocycles. The molecule has 0 fully saturated rings. The van der Waals surface area contributed by atoms with Crippen LogP contribution < -0.4 is 9.81 Å². The van der Waals surface area contributed by atoms with Crippen molar-refractivity contribution in [2.75, 3.05) is 5.73 Å². The van der Waals surface area contributed by atoms with E-state index in [9.17, 15) is 0 Å². The van der Waals surface area contributed by atoms with Gasteiger partial charge in [0.2, 0.25) is 0 Å². The van der Waals surface area contributed by atoms with Crippen molar-refractivity contribution in [1.29, 1.82) is 0 Å². The van der Waals surface area contributed by atoms with Crippen LogP contribution in [0.15, 0.2) is 0 Å². The van der Waals surface area contributed by atoms with E-state index in [-0.39, 0.29) is 5.41 Å². The van der Waals surface area contributed by atoms with Crippen LogP contribution in [0.2, 0.25) is 0 Å². The van der Waals surface area contributed by atoms with Gasteiger partial charge in [0.15, 0.2) is 29.3 Å². The molecule has 4 heteroatoms. The number of aromatic nitrogens is 2. The Morgan fingerprint density at radius 3 is 2.18 bits per heavy atom. The van der Waals surface area contributed by atoms with Gasteiger partial charge in [0.25, 0.3) is 0 Å². The Labute approximate surface area is 71.0 Å². The van der Waals surface area contributed by atoms with Crippen molar-refractivity contribution in [3.63, 3.8) is 0 Å². The molecule has 0 aliphatic heterocycles. The van der Waals surface area contributed by atoms with Gasteiger partial charge in [-0.3, -0.25) is 0 Å². The number of nitrogens with zero attached hydrogens (tertiary/aromatic N) is 2. The van der Waals surface area contributed by atoms with E-state index in [1.54, 1.807) is 4.07 Å². The second-order valence-corrected chi connectivity index (χ2v) is 4.77. The Bertz CT molecular complexity index is 259. The molecule has 0 spiro atoms. The van der Waals surface area contributed by atoms with Crippen LogP contribution in [-0.2, 0) is 12.5 Å². The van der Waals surface area contributed by atoms with Crippen molar-refractivity contribution in [3.8, 4) is 0 Å². The number of anilines is 1. The third-order valence-corrected chi connectivity index (χ3v) is 2.15. The van der Waals surface area contributed by atoms with Crippen LogP contribution in [0.3, 0.4) is 0 Å². The molecule has 0 radical (unpaired) electrons. The molecule has 0 aliphatic carbocycles. The van der Waals surface area contributed by atoms with Gasteiger partial charge in [0, 0.05) is 10.5 Å². The van der Waals surface area contributed by atoms with Crippen molar-refractivity contribution < 1.29 is 4.07 Å². The predicted molar refractivity (Wildman–Crippen MR) is 46.4 cm³/mol. The van der Waals surface area contributed by atoms with Crippen LogP contribution in [-0.4, -0.2) is 5.10 Å². The minimum absolute atomic E-state index is 0.0574. The SMILES string of the molecule is C[n+]1nc(C(C)(C)C)c(N)s1. The maximum atomic E-state index is 5.76. The van der Waals surface area contributed by atoms with Crippen LogP contribution in [0.4, 0.5) is 5.00 Å². The molecule has 0 unspecified atom stereocenters. The average Bonchev–Trinajstić information content (AvgIpc) is 2.08. The van der Waals surface area contributed by atoms with Crippen molar-refractivity contribution in [2.24, 2.45) is 7.05 Å².